The smallest absolute Gasteiger partial charge is 0.310 e. The van der Waals surface area contributed by atoms with E-state index >= 15 is 0 Å². The topological polar surface area (TPSA) is 75.9 Å². The van der Waals surface area contributed by atoms with Gasteiger partial charge in [0.05, 0.1) is 11.0 Å². The summed E-state index contributed by atoms with van der Waals surface area (Å²) < 4.78 is 5.69. The first-order chi connectivity index (χ1) is 16.0. The number of amides is 1. The molecule has 33 heavy (non-hydrogen) atoms. The third-order valence-corrected chi connectivity index (χ3v) is 5.94. The van der Waals surface area contributed by atoms with E-state index in [4.69, 9.17) is 4.74 Å². The van der Waals surface area contributed by atoms with Crippen molar-refractivity contribution in [3.63, 3.8) is 0 Å². The largest absolute Gasteiger partial charge is 0.474 e. The van der Waals surface area contributed by atoms with E-state index in [1.165, 1.54) is 23.3 Å². The van der Waals surface area contributed by atoms with E-state index in [2.05, 4.69) is 29.2 Å². The van der Waals surface area contributed by atoms with Gasteiger partial charge >= 0.3 is 5.69 Å². The van der Waals surface area contributed by atoms with Crippen LogP contribution in [0, 0.1) is 10.1 Å². The quantitative estimate of drug-likeness (QED) is 0.400. The first-order valence-electron chi connectivity index (χ1n) is 11.1. The van der Waals surface area contributed by atoms with Gasteiger partial charge in [-0.1, -0.05) is 72.8 Å². The predicted octanol–water partition coefficient (Wildman–Crippen LogP) is 4.30. The molecule has 1 aliphatic heterocycles. The minimum Gasteiger partial charge on any atom is -0.474 e. The van der Waals surface area contributed by atoms with E-state index in [0.717, 1.165) is 13.1 Å². The minimum atomic E-state index is -0.809. The number of nitrogens with zero attached hydrogens (tertiary/aromatic N) is 3. The molecule has 3 aromatic rings. The highest BCUT2D eigenvalue weighted by atomic mass is 16.6. The molecule has 0 bridgehead atoms. The van der Waals surface area contributed by atoms with Crippen LogP contribution in [0.25, 0.3) is 0 Å². The van der Waals surface area contributed by atoms with Crippen molar-refractivity contribution in [1.29, 1.82) is 0 Å². The number of benzene rings is 3. The third kappa shape index (κ3) is 5.21. The zero-order valence-electron chi connectivity index (χ0n) is 18.5. The summed E-state index contributed by atoms with van der Waals surface area (Å²) in [6, 6.07) is 27.0. The van der Waals surface area contributed by atoms with Crippen LogP contribution in [-0.4, -0.2) is 52.9 Å². The molecule has 1 atom stereocenters. The second kappa shape index (κ2) is 10.3. The molecule has 3 aromatic carbocycles. The molecular formula is C26H27N3O4. The number of hydrogen-bond donors (Lipinski definition) is 0. The Labute approximate surface area is 193 Å². The number of rotatable bonds is 7. The fraction of sp³-hybridized carbons (Fsp3) is 0.269. The zero-order valence-corrected chi connectivity index (χ0v) is 18.5. The lowest BCUT2D eigenvalue weighted by atomic mass is 9.96. The normalized spacial score (nSPS) is 15.3. The van der Waals surface area contributed by atoms with Gasteiger partial charge in [-0.3, -0.25) is 19.8 Å². The maximum atomic E-state index is 13.0. The number of ether oxygens (including phenoxy) is 1. The molecule has 0 aromatic heterocycles. The van der Waals surface area contributed by atoms with Crippen molar-refractivity contribution in [1.82, 2.24) is 9.80 Å². The highest BCUT2D eigenvalue weighted by molar-refractivity contribution is 5.81. The van der Waals surface area contributed by atoms with Gasteiger partial charge < -0.3 is 9.64 Å². The van der Waals surface area contributed by atoms with Gasteiger partial charge in [0.25, 0.3) is 5.91 Å². The Bertz CT molecular complexity index is 1040. The van der Waals surface area contributed by atoms with Crippen molar-refractivity contribution < 1.29 is 14.5 Å². The number of hydrogen-bond acceptors (Lipinski definition) is 5. The van der Waals surface area contributed by atoms with Crippen molar-refractivity contribution in [3.8, 4) is 5.75 Å². The Morgan fingerprint density at radius 3 is 1.91 bits per heavy atom. The summed E-state index contributed by atoms with van der Waals surface area (Å²) in [5.41, 5.74) is 2.30. The van der Waals surface area contributed by atoms with E-state index in [0.29, 0.717) is 13.1 Å². The average Bonchev–Trinajstić information content (AvgIpc) is 2.86. The van der Waals surface area contributed by atoms with Gasteiger partial charge in [-0.15, -0.1) is 0 Å². The van der Waals surface area contributed by atoms with Crippen LogP contribution in [0.2, 0.25) is 0 Å². The van der Waals surface area contributed by atoms with E-state index in [1.54, 1.807) is 24.0 Å². The Morgan fingerprint density at radius 1 is 0.848 bits per heavy atom. The number of nitro benzene ring substituents is 1. The molecule has 1 aliphatic rings. The lowest BCUT2D eigenvalue weighted by Crippen LogP contribution is -2.52. The molecule has 0 saturated carbocycles. The Kier molecular flexibility index (Phi) is 7.00. The van der Waals surface area contributed by atoms with Crippen LogP contribution in [0.5, 0.6) is 5.75 Å². The number of carbonyl (C=O) groups is 1. The summed E-state index contributed by atoms with van der Waals surface area (Å²) in [6.45, 7) is 4.22. The Balaban J connectivity index is 1.43. The molecule has 0 aliphatic carbocycles. The second-order valence-corrected chi connectivity index (χ2v) is 8.07. The molecule has 7 nitrogen and oxygen atoms in total. The van der Waals surface area contributed by atoms with Crippen molar-refractivity contribution in [2.75, 3.05) is 26.2 Å². The molecule has 7 heteroatoms. The van der Waals surface area contributed by atoms with Crippen molar-refractivity contribution in [3.05, 3.63) is 106 Å². The number of carbonyl (C=O) groups excluding carboxylic acids is 1. The number of para-hydroxylation sites is 2. The van der Waals surface area contributed by atoms with Gasteiger partial charge in [0.1, 0.15) is 0 Å². The average molecular weight is 446 g/mol. The molecule has 1 fully saturated rings. The Hall–Kier alpha value is -3.71. The van der Waals surface area contributed by atoms with Crippen LogP contribution in [0.1, 0.15) is 24.1 Å². The molecule has 0 spiro atoms. The van der Waals surface area contributed by atoms with Gasteiger partial charge in [-0.25, -0.2) is 0 Å². The van der Waals surface area contributed by atoms with Crippen molar-refractivity contribution in [2.45, 2.75) is 19.1 Å². The molecule has 0 radical (unpaired) electrons. The highest BCUT2D eigenvalue weighted by Crippen LogP contribution is 2.30. The van der Waals surface area contributed by atoms with E-state index in [-0.39, 0.29) is 23.4 Å². The summed E-state index contributed by atoms with van der Waals surface area (Å²) in [6.07, 6.45) is -0.809. The van der Waals surface area contributed by atoms with Gasteiger partial charge in [-0.05, 0) is 24.1 Å². The third-order valence-electron chi connectivity index (χ3n) is 5.94. The van der Waals surface area contributed by atoms with Gasteiger partial charge in [-0.2, -0.15) is 0 Å². The highest BCUT2D eigenvalue weighted by Gasteiger charge is 2.31. The Morgan fingerprint density at radius 2 is 1.36 bits per heavy atom. The maximum Gasteiger partial charge on any atom is 0.310 e. The minimum absolute atomic E-state index is 0.107. The van der Waals surface area contributed by atoms with E-state index < -0.39 is 11.0 Å². The van der Waals surface area contributed by atoms with Gasteiger partial charge in [0.2, 0.25) is 0 Å². The van der Waals surface area contributed by atoms with Crippen LogP contribution in [0.3, 0.4) is 0 Å². The molecule has 4 rings (SSSR count). The maximum absolute atomic E-state index is 13.0. The lowest BCUT2D eigenvalue weighted by Gasteiger charge is -2.40. The number of piperazine rings is 1. The number of nitro groups is 1. The molecule has 1 unspecified atom stereocenters. The molecule has 0 N–H and O–H groups in total. The monoisotopic (exact) mass is 445 g/mol. The fourth-order valence-electron chi connectivity index (χ4n) is 4.29. The van der Waals surface area contributed by atoms with Crippen LogP contribution in [0.15, 0.2) is 84.9 Å². The van der Waals surface area contributed by atoms with Crippen LogP contribution in [0.4, 0.5) is 5.69 Å². The molecule has 1 heterocycles. The van der Waals surface area contributed by atoms with Crippen LogP contribution >= 0.6 is 0 Å². The van der Waals surface area contributed by atoms with Crippen LogP contribution < -0.4 is 4.74 Å². The van der Waals surface area contributed by atoms with E-state index in [9.17, 15) is 14.9 Å². The molecule has 1 amide bonds. The first-order valence-corrected chi connectivity index (χ1v) is 11.1. The zero-order chi connectivity index (χ0) is 23.2. The van der Waals surface area contributed by atoms with Gasteiger partial charge in [0.15, 0.2) is 11.9 Å². The standard InChI is InChI=1S/C26H27N3O4/c1-20(33-24-15-9-8-14-23(24)29(31)32)26(30)28-18-16-27(17-19-28)25(21-10-4-2-5-11-21)22-12-6-3-7-13-22/h2-15,20,25H,16-19H2,1H3. The molecule has 170 valence electrons. The van der Waals surface area contributed by atoms with Crippen molar-refractivity contribution in [2.24, 2.45) is 0 Å². The van der Waals surface area contributed by atoms with E-state index in [1.807, 2.05) is 36.4 Å². The summed E-state index contributed by atoms with van der Waals surface area (Å²) in [7, 11) is 0. The fourth-order valence-corrected chi connectivity index (χ4v) is 4.29. The van der Waals surface area contributed by atoms with Crippen LogP contribution in [-0.2, 0) is 4.79 Å². The molecular weight excluding hydrogens is 418 g/mol. The SMILES string of the molecule is CC(Oc1ccccc1[N+](=O)[O-])C(=O)N1CCN(C(c2ccccc2)c2ccccc2)CC1. The predicted molar refractivity (Wildman–Crippen MR) is 126 cm³/mol. The summed E-state index contributed by atoms with van der Waals surface area (Å²) in [5.74, 6) is -0.0565. The summed E-state index contributed by atoms with van der Waals surface area (Å²) in [5, 5.41) is 11.2. The van der Waals surface area contributed by atoms with Gasteiger partial charge in [0, 0.05) is 32.2 Å². The summed E-state index contributed by atoms with van der Waals surface area (Å²) >= 11 is 0. The second-order valence-electron chi connectivity index (χ2n) is 8.07. The summed E-state index contributed by atoms with van der Waals surface area (Å²) in [4.78, 5) is 27.9. The molecule has 1 saturated heterocycles. The first kappa shape index (κ1) is 22.5. The van der Waals surface area contributed by atoms with Crippen molar-refractivity contribution >= 4 is 11.6 Å². The lowest BCUT2D eigenvalue weighted by molar-refractivity contribution is -0.386.